The maximum atomic E-state index is 6.06. The molecule has 90 valence electrons. The molecule has 0 aliphatic rings. The van der Waals surface area contributed by atoms with Crippen LogP contribution in [0, 0.1) is 0 Å². The van der Waals surface area contributed by atoms with E-state index in [1.54, 1.807) is 18.2 Å². The number of hydrogen-bond donors (Lipinski definition) is 1. The molecule has 0 aliphatic heterocycles. The molecule has 0 unspecified atom stereocenters. The molecule has 3 rings (SSSR count). The average Bonchev–Trinajstić information content (AvgIpc) is 2.82. The summed E-state index contributed by atoms with van der Waals surface area (Å²) in [6, 6.07) is 7.01. The van der Waals surface area contributed by atoms with Gasteiger partial charge < -0.3 is 10.5 Å². The highest BCUT2D eigenvalue weighted by atomic mass is 35.5. The molecule has 0 spiro atoms. The molecule has 0 bridgehead atoms. The number of rotatable bonds is 2. The molecule has 0 saturated heterocycles. The average molecular weight is 278 g/mol. The SMILES string of the molecule is Nc1ccc(Oc2ncnc3sccc23)c(Cl)c1. The van der Waals surface area contributed by atoms with Crippen LogP contribution in [-0.2, 0) is 0 Å². The molecular weight excluding hydrogens is 270 g/mol. The van der Waals surface area contributed by atoms with Crippen LogP contribution in [0.15, 0.2) is 36.0 Å². The lowest BCUT2D eigenvalue weighted by molar-refractivity contribution is 0.468. The second-order valence-corrected chi connectivity index (χ2v) is 4.91. The van der Waals surface area contributed by atoms with Crippen LogP contribution < -0.4 is 10.5 Å². The molecule has 2 aromatic heterocycles. The van der Waals surface area contributed by atoms with E-state index in [2.05, 4.69) is 9.97 Å². The molecule has 4 nitrogen and oxygen atoms in total. The topological polar surface area (TPSA) is 61.0 Å². The molecular formula is C12H8ClN3OS. The van der Waals surface area contributed by atoms with Crippen molar-refractivity contribution in [2.45, 2.75) is 0 Å². The second kappa shape index (κ2) is 4.44. The highest BCUT2D eigenvalue weighted by molar-refractivity contribution is 7.16. The predicted molar refractivity (Wildman–Crippen MR) is 73.4 cm³/mol. The second-order valence-electron chi connectivity index (χ2n) is 3.61. The van der Waals surface area contributed by atoms with Gasteiger partial charge in [0.15, 0.2) is 0 Å². The van der Waals surface area contributed by atoms with E-state index in [9.17, 15) is 0 Å². The van der Waals surface area contributed by atoms with Crippen LogP contribution in [0.2, 0.25) is 5.02 Å². The molecule has 0 atom stereocenters. The number of thiophene rings is 1. The van der Waals surface area contributed by atoms with Gasteiger partial charge in [-0.25, -0.2) is 9.97 Å². The quantitative estimate of drug-likeness (QED) is 0.725. The third-order valence-electron chi connectivity index (χ3n) is 2.39. The number of aromatic nitrogens is 2. The summed E-state index contributed by atoms with van der Waals surface area (Å²) < 4.78 is 5.70. The van der Waals surface area contributed by atoms with E-state index in [1.807, 2.05) is 11.4 Å². The number of benzene rings is 1. The van der Waals surface area contributed by atoms with Crippen molar-refractivity contribution in [1.29, 1.82) is 0 Å². The Hall–Kier alpha value is -1.85. The van der Waals surface area contributed by atoms with Gasteiger partial charge in [0.25, 0.3) is 0 Å². The molecule has 0 aliphatic carbocycles. The summed E-state index contributed by atoms with van der Waals surface area (Å²) in [7, 11) is 0. The summed E-state index contributed by atoms with van der Waals surface area (Å²) >= 11 is 7.59. The molecule has 6 heteroatoms. The van der Waals surface area contributed by atoms with Gasteiger partial charge in [0.2, 0.25) is 5.88 Å². The fourth-order valence-corrected chi connectivity index (χ4v) is 2.50. The summed E-state index contributed by atoms with van der Waals surface area (Å²) in [6.07, 6.45) is 1.47. The third-order valence-corrected chi connectivity index (χ3v) is 3.50. The van der Waals surface area contributed by atoms with Crippen molar-refractivity contribution in [2.24, 2.45) is 0 Å². The molecule has 3 aromatic rings. The van der Waals surface area contributed by atoms with Crippen molar-refractivity contribution in [3.63, 3.8) is 0 Å². The van der Waals surface area contributed by atoms with Gasteiger partial charge in [-0.2, -0.15) is 0 Å². The first-order chi connectivity index (χ1) is 8.74. The summed E-state index contributed by atoms with van der Waals surface area (Å²) in [6.45, 7) is 0. The Bertz CT molecular complexity index is 713. The van der Waals surface area contributed by atoms with Gasteiger partial charge in [0, 0.05) is 5.69 Å². The smallest absolute Gasteiger partial charge is 0.231 e. The van der Waals surface area contributed by atoms with E-state index in [0.717, 1.165) is 10.2 Å². The maximum absolute atomic E-state index is 6.06. The van der Waals surface area contributed by atoms with Crippen LogP contribution in [0.4, 0.5) is 5.69 Å². The minimum Gasteiger partial charge on any atom is -0.437 e. The van der Waals surface area contributed by atoms with E-state index >= 15 is 0 Å². The highest BCUT2D eigenvalue weighted by Gasteiger charge is 2.09. The van der Waals surface area contributed by atoms with Gasteiger partial charge in [-0.1, -0.05) is 11.6 Å². The van der Waals surface area contributed by atoms with Gasteiger partial charge in [-0.15, -0.1) is 11.3 Å². The molecule has 2 N–H and O–H groups in total. The zero-order chi connectivity index (χ0) is 12.5. The van der Waals surface area contributed by atoms with E-state index in [-0.39, 0.29) is 0 Å². The minimum atomic E-state index is 0.456. The number of nitrogens with two attached hydrogens (primary N) is 1. The van der Waals surface area contributed by atoms with Gasteiger partial charge in [-0.05, 0) is 29.6 Å². The van der Waals surface area contributed by atoms with E-state index in [1.165, 1.54) is 17.7 Å². The summed E-state index contributed by atoms with van der Waals surface area (Å²) in [5.41, 5.74) is 6.22. The predicted octanol–water partition coefficient (Wildman–Crippen LogP) is 3.72. The zero-order valence-corrected chi connectivity index (χ0v) is 10.7. The fraction of sp³-hybridized carbons (Fsp3) is 0. The summed E-state index contributed by atoms with van der Waals surface area (Å²) in [5, 5.41) is 3.27. The zero-order valence-electron chi connectivity index (χ0n) is 9.13. The molecule has 2 heterocycles. The molecule has 1 aromatic carbocycles. The normalized spacial score (nSPS) is 10.7. The van der Waals surface area contributed by atoms with Crippen LogP contribution in [0.3, 0.4) is 0 Å². The monoisotopic (exact) mass is 277 g/mol. The number of nitrogen functional groups attached to an aromatic ring is 1. The van der Waals surface area contributed by atoms with Crippen molar-refractivity contribution >= 4 is 38.8 Å². The standard InChI is InChI=1S/C12H8ClN3OS/c13-9-5-7(14)1-2-10(9)17-11-8-3-4-18-12(8)16-6-15-11/h1-6H,14H2. The first-order valence-electron chi connectivity index (χ1n) is 5.15. The first-order valence-corrected chi connectivity index (χ1v) is 6.41. The Morgan fingerprint density at radius 2 is 2.11 bits per heavy atom. The lowest BCUT2D eigenvalue weighted by Crippen LogP contribution is -1.91. The van der Waals surface area contributed by atoms with E-state index in [4.69, 9.17) is 22.1 Å². The number of anilines is 1. The van der Waals surface area contributed by atoms with Crippen LogP contribution in [0.25, 0.3) is 10.2 Å². The molecule has 0 fully saturated rings. The Morgan fingerprint density at radius 1 is 1.22 bits per heavy atom. The Labute approximate surface area is 112 Å². The molecule has 0 amide bonds. The van der Waals surface area contributed by atoms with Crippen LogP contribution in [0.5, 0.6) is 11.6 Å². The Balaban J connectivity index is 2.03. The van der Waals surface area contributed by atoms with Crippen LogP contribution in [-0.4, -0.2) is 9.97 Å². The van der Waals surface area contributed by atoms with Gasteiger partial charge >= 0.3 is 0 Å². The summed E-state index contributed by atoms with van der Waals surface area (Å²) in [5.74, 6) is 1.02. The van der Waals surface area contributed by atoms with Crippen molar-refractivity contribution in [3.05, 3.63) is 41.0 Å². The summed E-state index contributed by atoms with van der Waals surface area (Å²) in [4.78, 5) is 9.16. The van der Waals surface area contributed by atoms with Crippen molar-refractivity contribution in [1.82, 2.24) is 9.97 Å². The van der Waals surface area contributed by atoms with Crippen molar-refractivity contribution < 1.29 is 4.74 Å². The number of halogens is 1. The number of nitrogens with zero attached hydrogens (tertiary/aromatic N) is 2. The van der Waals surface area contributed by atoms with Gasteiger partial charge in [-0.3, -0.25) is 0 Å². The molecule has 0 saturated carbocycles. The Kier molecular flexibility index (Phi) is 2.77. The fourth-order valence-electron chi connectivity index (χ4n) is 1.55. The third kappa shape index (κ3) is 1.98. The molecule has 0 radical (unpaired) electrons. The van der Waals surface area contributed by atoms with Gasteiger partial charge in [0.05, 0.1) is 10.4 Å². The molecule has 18 heavy (non-hydrogen) atoms. The minimum absolute atomic E-state index is 0.456. The van der Waals surface area contributed by atoms with Crippen LogP contribution in [0.1, 0.15) is 0 Å². The van der Waals surface area contributed by atoms with Crippen LogP contribution >= 0.6 is 22.9 Å². The number of hydrogen-bond acceptors (Lipinski definition) is 5. The Morgan fingerprint density at radius 3 is 2.94 bits per heavy atom. The largest absolute Gasteiger partial charge is 0.437 e. The van der Waals surface area contributed by atoms with Crippen molar-refractivity contribution in [3.8, 4) is 11.6 Å². The number of fused-ring (bicyclic) bond motifs is 1. The number of ether oxygens (including phenoxy) is 1. The first kappa shape index (κ1) is 11.3. The lowest BCUT2D eigenvalue weighted by Gasteiger charge is -2.07. The van der Waals surface area contributed by atoms with Crippen molar-refractivity contribution in [2.75, 3.05) is 5.73 Å². The lowest BCUT2D eigenvalue weighted by atomic mass is 10.3. The highest BCUT2D eigenvalue weighted by Crippen LogP contribution is 2.33. The maximum Gasteiger partial charge on any atom is 0.231 e. The van der Waals surface area contributed by atoms with E-state index in [0.29, 0.717) is 22.3 Å². The van der Waals surface area contributed by atoms with Gasteiger partial charge in [0.1, 0.15) is 16.9 Å². The van der Waals surface area contributed by atoms with E-state index < -0.39 is 0 Å².